The summed E-state index contributed by atoms with van der Waals surface area (Å²) in [7, 11) is -3.87. The van der Waals surface area contributed by atoms with Crippen molar-refractivity contribution in [3.05, 3.63) is 23.3 Å². The summed E-state index contributed by atoms with van der Waals surface area (Å²) in [5, 5.41) is 9.75. The highest BCUT2D eigenvalue weighted by Gasteiger charge is 2.35. The number of rotatable bonds is 1. The van der Waals surface area contributed by atoms with Crippen LogP contribution >= 0.6 is 0 Å². The number of carbonyl (C=O) groups is 1. The summed E-state index contributed by atoms with van der Waals surface area (Å²) in [4.78, 5) is 11.1. The van der Waals surface area contributed by atoms with Gasteiger partial charge in [0.05, 0.1) is 5.69 Å². The molecule has 0 unspecified atom stereocenters. The second kappa shape index (κ2) is 3.63. The van der Waals surface area contributed by atoms with E-state index in [9.17, 15) is 18.3 Å². The zero-order valence-corrected chi connectivity index (χ0v) is 10.2. The SMILES string of the molecule is Cc1cc(O)c(N2CC(=O)NS2(=O)=O)cc1C. The second-order valence-electron chi connectivity index (χ2n) is 3.96. The summed E-state index contributed by atoms with van der Waals surface area (Å²) in [6.07, 6.45) is 0. The molecule has 0 saturated carbocycles. The van der Waals surface area contributed by atoms with Crippen molar-refractivity contribution >= 4 is 21.8 Å². The van der Waals surface area contributed by atoms with Crippen LogP contribution in [-0.2, 0) is 15.0 Å². The summed E-state index contributed by atoms with van der Waals surface area (Å²) >= 11 is 0. The van der Waals surface area contributed by atoms with Gasteiger partial charge in [-0.05, 0) is 37.1 Å². The van der Waals surface area contributed by atoms with E-state index >= 15 is 0 Å². The Morgan fingerprint density at radius 3 is 2.41 bits per heavy atom. The fourth-order valence-electron chi connectivity index (χ4n) is 1.65. The number of anilines is 1. The molecule has 0 radical (unpaired) electrons. The number of amides is 1. The maximum Gasteiger partial charge on any atom is 0.326 e. The molecule has 0 spiro atoms. The molecule has 7 heteroatoms. The number of benzene rings is 1. The van der Waals surface area contributed by atoms with Crippen LogP contribution in [0.5, 0.6) is 5.75 Å². The Hall–Kier alpha value is -1.76. The number of hydrogen-bond donors (Lipinski definition) is 2. The van der Waals surface area contributed by atoms with Gasteiger partial charge in [-0.2, -0.15) is 8.42 Å². The lowest BCUT2D eigenvalue weighted by Crippen LogP contribution is -2.29. The maximum absolute atomic E-state index is 11.6. The van der Waals surface area contributed by atoms with Gasteiger partial charge in [0, 0.05) is 0 Å². The van der Waals surface area contributed by atoms with Gasteiger partial charge >= 0.3 is 10.2 Å². The summed E-state index contributed by atoms with van der Waals surface area (Å²) in [5.41, 5.74) is 1.81. The molecule has 0 aliphatic carbocycles. The molecule has 1 aliphatic rings. The number of phenols is 1. The largest absolute Gasteiger partial charge is 0.506 e. The third kappa shape index (κ3) is 1.93. The number of phenolic OH excluding ortho intramolecular Hbond substituents is 1. The molecular formula is C10H12N2O4S. The molecule has 1 amide bonds. The van der Waals surface area contributed by atoms with E-state index in [1.165, 1.54) is 6.07 Å². The fraction of sp³-hybridized carbons (Fsp3) is 0.300. The van der Waals surface area contributed by atoms with Gasteiger partial charge in [0.2, 0.25) is 0 Å². The molecule has 2 rings (SSSR count). The number of nitrogens with one attached hydrogen (secondary N) is 1. The van der Waals surface area contributed by atoms with Crippen LogP contribution in [0.3, 0.4) is 0 Å². The van der Waals surface area contributed by atoms with Gasteiger partial charge in [-0.25, -0.2) is 9.03 Å². The van der Waals surface area contributed by atoms with E-state index in [1.807, 2.05) is 4.72 Å². The van der Waals surface area contributed by atoms with Crippen molar-refractivity contribution in [2.75, 3.05) is 10.8 Å². The molecule has 1 saturated heterocycles. The van der Waals surface area contributed by atoms with Crippen molar-refractivity contribution in [2.24, 2.45) is 0 Å². The first-order valence-electron chi connectivity index (χ1n) is 4.95. The van der Waals surface area contributed by atoms with Gasteiger partial charge in [0.1, 0.15) is 12.3 Å². The second-order valence-corrected chi connectivity index (χ2v) is 5.56. The fourth-order valence-corrected chi connectivity index (χ4v) is 2.80. The van der Waals surface area contributed by atoms with E-state index in [0.717, 1.165) is 15.4 Å². The van der Waals surface area contributed by atoms with Crippen LogP contribution in [0.1, 0.15) is 11.1 Å². The summed E-state index contributed by atoms with van der Waals surface area (Å²) in [5.74, 6) is -0.768. The van der Waals surface area contributed by atoms with Crippen molar-refractivity contribution < 1.29 is 18.3 Å². The molecule has 17 heavy (non-hydrogen) atoms. The number of hydrogen-bond acceptors (Lipinski definition) is 4. The Labute approximate surface area is 99.0 Å². The van der Waals surface area contributed by atoms with E-state index < -0.39 is 16.1 Å². The Bertz CT molecular complexity index is 595. The standard InChI is InChI=1S/C10H12N2O4S/c1-6-3-8(9(13)4-7(6)2)12-5-10(14)11-17(12,15)16/h3-4,13H,5H2,1-2H3,(H,11,14). The third-order valence-electron chi connectivity index (χ3n) is 2.68. The smallest absolute Gasteiger partial charge is 0.326 e. The highest BCUT2D eigenvalue weighted by atomic mass is 32.2. The topological polar surface area (TPSA) is 86.7 Å². The third-order valence-corrected chi connectivity index (χ3v) is 4.07. The highest BCUT2D eigenvalue weighted by molar-refractivity contribution is 7.92. The predicted molar refractivity (Wildman–Crippen MR) is 62.0 cm³/mol. The van der Waals surface area contributed by atoms with Gasteiger partial charge in [0.15, 0.2) is 0 Å². The molecule has 1 aromatic rings. The summed E-state index contributed by atoms with van der Waals surface area (Å²) in [6.45, 7) is 3.30. The molecule has 92 valence electrons. The quantitative estimate of drug-likeness (QED) is 0.751. The van der Waals surface area contributed by atoms with Gasteiger partial charge in [-0.15, -0.1) is 0 Å². The first-order valence-corrected chi connectivity index (χ1v) is 6.39. The van der Waals surface area contributed by atoms with Gasteiger partial charge in [0.25, 0.3) is 5.91 Å². The average Bonchev–Trinajstić information content (AvgIpc) is 2.45. The normalized spacial score (nSPS) is 18.2. The van der Waals surface area contributed by atoms with Crippen molar-refractivity contribution in [1.82, 2.24) is 4.72 Å². The Balaban J connectivity index is 2.55. The predicted octanol–water partition coefficient (Wildman–Crippen LogP) is 0.190. The first kappa shape index (κ1) is 11.7. The van der Waals surface area contributed by atoms with E-state index in [-0.39, 0.29) is 18.0 Å². The van der Waals surface area contributed by atoms with Gasteiger partial charge in [-0.3, -0.25) is 4.79 Å². The van der Waals surface area contributed by atoms with Gasteiger partial charge < -0.3 is 5.11 Å². The maximum atomic E-state index is 11.6. The molecule has 0 aromatic heterocycles. The molecule has 1 aromatic carbocycles. The minimum Gasteiger partial charge on any atom is -0.506 e. The Kier molecular flexibility index (Phi) is 2.50. The van der Waals surface area contributed by atoms with Crippen LogP contribution in [0.15, 0.2) is 12.1 Å². The van der Waals surface area contributed by atoms with Crippen molar-refractivity contribution in [2.45, 2.75) is 13.8 Å². The molecule has 1 aliphatic heterocycles. The Morgan fingerprint density at radius 1 is 1.29 bits per heavy atom. The lowest BCUT2D eigenvalue weighted by molar-refractivity contribution is -0.117. The van der Waals surface area contributed by atoms with Crippen molar-refractivity contribution in [3.8, 4) is 5.75 Å². The molecule has 1 fully saturated rings. The van der Waals surface area contributed by atoms with Crippen molar-refractivity contribution in [3.63, 3.8) is 0 Å². The summed E-state index contributed by atoms with van der Waals surface area (Å²) in [6, 6.07) is 3.02. The molecule has 6 nitrogen and oxygen atoms in total. The minimum absolute atomic E-state index is 0.117. The molecule has 0 bridgehead atoms. The van der Waals surface area contributed by atoms with Crippen LogP contribution in [0.25, 0.3) is 0 Å². The number of aromatic hydroxyl groups is 1. The molecule has 0 atom stereocenters. The lowest BCUT2D eigenvalue weighted by Gasteiger charge is -2.17. The van der Waals surface area contributed by atoms with E-state index in [1.54, 1.807) is 19.9 Å². The summed E-state index contributed by atoms with van der Waals surface area (Å²) < 4.78 is 25.9. The molecule has 2 N–H and O–H groups in total. The number of aryl methyl sites for hydroxylation is 2. The zero-order valence-electron chi connectivity index (χ0n) is 9.39. The van der Waals surface area contributed by atoms with Crippen LogP contribution < -0.4 is 9.03 Å². The highest BCUT2D eigenvalue weighted by Crippen LogP contribution is 2.32. The van der Waals surface area contributed by atoms with Crippen molar-refractivity contribution in [1.29, 1.82) is 0 Å². The number of carbonyl (C=O) groups excluding carboxylic acids is 1. The molecular weight excluding hydrogens is 244 g/mol. The van der Waals surface area contributed by atoms with Gasteiger partial charge in [-0.1, -0.05) is 0 Å². The van der Waals surface area contributed by atoms with E-state index in [0.29, 0.717) is 0 Å². The number of nitrogens with zero attached hydrogens (tertiary/aromatic N) is 1. The zero-order chi connectivity index (χ0) is 12.8. The monoisotopic (exact) mass is 256 g/mol. The van der Waals surface area contributed by atoms with Crippen LogP contribution in [0, 0.1) is 13.8 Å². The first-order chi connectivity index (χ1) is 7.81. The van der Waals surface area contributed by atoms with Crippen LogP contribution in [0.2, 0.25) is 0 Å². The molecule has 1 heterocycles. The van der Waals surface area contributed by atoms with E-state index in [4.69, 9.17) is 0 Å². The average molecular weight is 256 g/mol. The van der Waals surface area contributed by atoms with E-state index in [2.05, 4.69) is 0 Å². The Morgan fingerprint density at radius 2 is 1.88 bits per heavy atom. The van der Waals surface area contributed by atoms with Crippen LogP contribution in [0.4, 0.5) is 5.69 Å². The van der Waals surface area contributed by atoms with Crippen LogP contribution in [-0.4, -0.2) is 26.0 Å². The lowest BCUT2D eigenvalue weighted by atomic mass is 10.1. The minimum atomic E-state index is -3.87.